The second-order valence-electron chi connectivity index (χ2n) is 3.81. The summed E-state index contributed by atoms with van der Waals surface area (Å²) in [7, 11) is 2.21. The second kappa shape index (κ2) is 3.40. The summed E-state index contributed by atoms with van der Waals surface area (Å²) in [6.07, 6.45) is 4.96. The minimum absolute atomic E-state index is 0.618. The topological polar surface area (TPSA) is 3.24 Å². The van der Waals surface area contributed by atoms with Gasteiger partial charge in [0.15, 0.2) is 0 Å². The van der Waals surface area contributed by atoms with Gasteiger partial charge in [0.1, 0.15) is 0 Å². The molecule has 0 saturated heterocycles. The first-order valence-corrected chi connectivity index (χ1v) is 4.50. The summed E-state index contributed by atoms with van der Waals surface area (Å²) in [5.41, 5.74) is 1.55. The molecular formula is C10H19N. The zero-order valence-corrected chi connectivity index (χ0v) is 8.09. The highest BCUT2D eigenvalue weighted by atomic mass is 15.1. The smallest absolute Gasteiger partial charge is 0.0252 e. The van der Waals surface area contributed by atoms with Crippen LogP contribution in [0.4, 0.5) is 0 Å². The van der Waals surface area contributed by atoms with Gasteiger partial charge in [0.05, 0.1) is 0 Å². The van der Waals surface area contributed by atoms with Gasteiger partial charge in [0, 0.05) is 12.1 Å². The van der Waals surface area contributed by atoms with Crippen LogP contribution < -0.4 is 0 Å². The summed E-state index contributed by atoms with van der Waals surface area (Å²) in [4.78, 5) is 2.44. The average Bonchev–Trinajstić information content (AvgIpc) is 2.05. The van der Waals surface area contributed by atoms with Gasteiger partial charge in [-0.1, -0.05) is 11.6 Å². The van der Waals surface area contributed by atoms with E-state index in [0.29, 0.717) is 6.04 Å². The van der Waals surface area contributed by atoms with Gasteiger partial charge in [-0.3, -0.25) is 4.90 Å². The van der Waals surface area contributed by atoms with Crippen LogP contribution in [0, 0.1) is 0 Å². The van der Waals surface area contributed by atoms with E-state index in [1.807, 2.05) is 0 Å². The molecule has 1 heteroatoms. The molecule has 2 unspecified atom stereocenters. The molecule has 1 aliphatic rings. The Morgan fingerprint density at radius 2 is 2.09 bits per heavy atom. The summed E-state index contributed by atoms with van der Waals surface area (Å²) in [5, 5.41) is 0. The monoisotopic (exact) mass is 153 g/mol. The molecular weight excluding hydrogens is 134 g/mol. The number of nitrogens with zero attached hydrogens (tertiary/aromatic N) is 1. The quantitative estimate of drug-likeness (QED) is 0.483. The number of hydrogen-bond donors (Lipinski definition) is 0. The van der Waals surface area contributed by atoms with E-state index in [-0.39, 0.29) is 0 Å². The minimum atomic E-state index is 0.618. The molecule has 0 aliphatic carbocycles. The van der Waals surface area contributed by atoms with E-state index in [2.05, 4.69) is 38.8 Å². The molecule has 0 aromatic heterocycles. The van der Waals surface area contributed by atoms with Crippen molar-refractivity contribution in [1.29, 1.82) is 0 Å². The van der Waals surface area contributed by atoms with Crippen LogP contribution in [0.5, 0.6) is 0 Å². The third-order valence-electron chi connectivity index (χ3n) is 2.82. The minimum Gasteiger partial charge on any atom is -0.298 e. The lowest BCUT2D eigenvalue weighted by atomic mass is 10.1. The fraction of sp³-hybridized carbons (Fsp3) is 0.800. The first-order valence-electron chi connectivity index (χ1n) is 4.50. The van der Waals surface area contributed by atoms with E-state index in [1.165, 1.54) is 12.8 Å². The third kappa shape index (κ3) is 2.06. The Morgan fingerprint density at radius 3 is 2.73 bits per heavy atom. The van der Waals surface area contributed by atoms with Crippen molar-refractivity contribution in [3.8, 4) is 0 Å². The highest BCUT2D eigenvalue weighted by Crippen LogP contribution is 2.18. The fourth-order valence-corrected chi connectivity index (χ4v) is 1.65. The lowest BCUT2D eigenvalue weighted by Gasteiger charge is -2.26. The highest BCUT2D eigenvalue weighted by Gasteiger charge is 2.16. The first kappa shape index (κ1) is 8.79. The maximum Gasteiger partial charge on any atom is 0.0252 e. The second-order valence-corrected chi connectivity index (χ2v) is 3.81. The molecule has 11 heavy (non-hydrogen) atoms. The van der Waals surface area contributed by atoms with E-state index in [4.69, 9.17) is 0 Å². The van der Waals surface area contributed by atoms with Gasteiger partial charge in [-0.2, -0.15) is 0 Å². The summed E-state index contributed by atoms with van der Waals surface area (Å²) in [5.74, 6) is 0. The lowest BCUT2D eigenvalue weighted by Crippen LogP contribution is -2.34. The van der Waals surface area contributed by atoms with E-state index >= 15 is 0 Å². The standard InChI is InChI=1S/C10H19N/c1-8-5-6-9(2)11(4)10(3)7-8/h7,9-10H,5-6H2,1-4H3. The van der Waals surface area contributed by atoms with Crippen molar-refractivity contribution in [3.05, 3.63) is 11.6 Å². The van der Waals surface area contributed by atoms with Crippen molar-refractivity contribution in [1.82, 2.24) is 4.90 Å². The van der Waals surface area contributed by atoms with Gasteiger partial charge in [0.2, 0.25) is 0 Å². The number of likely N-dealkylation sites (N-methyl/N-ethyl adjacent to an activating group) is 1. The Labute approximate surface area is 70.1 Å². The van der Waals surface area contributed by atoms with Crippen LogP contribution in [0.25, 0.3) is 0 Å². The predicted octanol–water partition coefficient (Wildman–Crippen LogP) is 2.44. The van der Waals surface area contributed by atoms with Crippen molar-refractivity contribution in [2.75, 3.05) is 7.05 Å². The van der Waals surface area contributed by atoms with Crippen LogP contribution in [0.2, 0.25) is 0 Å². The van der Waals surface area contributed by atoms with Crippen molar-refractivity contribution in [3.63, 3.8) is 0 Å². The van der Waals surface area contributed by atoms with Crippen LogP contribution >= 0.6 is 0 Å². The van der Waals surface area contributed by atoms with Gasteiger partial charge < -0.3 is 0 Å². The van der Waals surface area contributed by atoms with Crippen molar-refractivity contribution in [2.24, 2.45) is 0 Å². The maximum atomic E-state index is 2.44. The van der Waals surface area contributed by atoms with Crippen molar-refractivity contribution in [2.45, 2.75) is 45.7 Å². The highest BCUT2D eigenvalue weighted by molar-refractivity contribution is 5.06. The molecule has 2 atom stereocenters. The van der Waals surface area contributed by atoms with E-state index in [0.717, 1.165) is 6.04 Å². The summed E-state index contributed by atoms with van der Waals surface area (Å²) in [6, 6.07) is 1.35. The molecule has 0 N–H and O–H groups in total. The SMILES string of the molecule is CC1=CC(C)N(C)C(C)CC1. The van der Waals surface area contributed by atoms with Crippen LogP contribution in [-0.4, -0.2) is 24.0 Å². The molecule has 0 radical (unpaired) electrons. The predicted molar refractivity (Wildman–Crippen MR) is 49.7 cm³/mol. The van der Waals surface area contributed by atoms with Gasteiger partial charge in [0.25, 0.3) is 0 Å². The molecule has 0 fully saturated rings. The van der Waals surface area contributed by atoms with E-state index < -0.39 is 0 Å². The zero-order valence-electron chi connectivity index (χ0n) is 8.09. The first-order chi connectivity index (χ1) is 5.11. The molecule has 1 rings (SSSR count). The largest absolute Gasteiger partial charge is 0.298 e. The Morgan fingerprint density at radius 1 is 1.45 bits per heavy atom. The summed E-state index contributed by atoms with van der Waals surface area (Å²) >= 11 is 0. The molecule has 64 valence electrons. The van der Waals surface area contributed by atoms with Gasteiger partial charge in [-0.25, -0.2) is 0 Å². The van der Waals surface area contributed by atoms with Crippen molar-refractivity contribution >= 4 is 0 Å². The van der Waals surface area contributed by atoms with E-state index in [9.17, 15) is 0 Å². The molecule has 0 bridgehead atoms. The Balaban J connectivity index is 2.68. The Bertz CT molecular complexity index is 160. The molecule has 1 nitrogen and oxygen atoms in total. The van der Waals surface area contributed by atoms with Gasteiger partial charge >= 0.3 is 0 Å². The fourth-order valence-electron chi connectivity index (χ4n) is 1.65. The third-order valence-corrected chi connectivity index (χ3v) is 2.82. The Hall–Kier alpha value is -0.300. The Kier molecular flexibility index (Phi) is 2.72. The molecule has 0 amide bonds. The molecule has 1 aliphatic heterocycles. The molecule has 0 aromatic rings. The molecule has 0 spiro atoms. The van der Waals surface area contributed by atoms with Crippen LogP contribution in [-0.2, 0) is 0 Å². The molecule has 0 saturated carbocycles. The van der Waals surface area contributed by atoms with Crippen LogP contribution in [0.15, 0.2) is 11.6 Å². The lowest BCUT2D eigenvalue weighted by molar-refractivity contribution is 0.223. The van der Waals surface area contributed by atoms with Gasteiger partial charge in [-0.15, -0.1) is 0 Å². The molecule has 0 aromatic carbocycles. The van der Waals surface area contributed by atoms with Crippen LogP contribution in [0.3, 0.4) is 0 Å². The number of rotatable bonds is 0. The maximum absolute atomic E-state index is 2.44. The normalized spacial score (nSPS) is 34.7. The van der Waals surface area contributed by atoms with Gasteiger partial charge in [-0.05, 0) is 40.7 Å². The number of allylic oxidation sites excluding steroid dienone is 1. The number of hydrogen-bond acceptors (Lipinski definition) is 1. The van der Waals surface area contributed by atoms with Crippen molar-refractivity contribution < 1.29 is 0 Å². The van der Waals surface area contributed by atoms with Crippen LogP contribution in [0.1, 0.15) is 33.6 Å². The zero-order chi connectivity index (χ0) is 8.43. The molecule has 1 heterocycles. The summed E-state index contributed by atoms with van der Waals surface area (Å²) < 4.78 is 0. The average molecular weight is 153 g/mol. The summed E-state index contributed by atoms with van der Waals surface area (Å²) in [6.45, 7) is 6.82. The van der Waals surface area contributed by atoms with E-state index in [1.54, 1.807) is 5.57 Å².